The van der Waals surface area contributed by atoms with Gasteiger partial charge >= 0.3 is 19.4 Å². The molecule has 198 valence electrons. The van der Waals surface area contributed by atoms with Crippen molar-refractivity contribution >= 4 is 19.5 Å². The van der Waals surface area contributed by atoms with Crippen LogP contribution in [0.1, 0.15) is 27.0 Å². The van der Waals surface area contributed by atoms with Crippen LogP contribution >= 0.6 is 7.75 Å². The van der Waals surface area contributed by atoms with E-state index < -0.39 is 62.7 Å². The molecule has 36 heavy (non-hydrogen) atoms. The van der Waals surface area contributed by atoms with E-state index in [-0.39, 0.29) is 11.6 Å². The van der Waals surface area contributed by atoms with Gasteiger partial charge < -0.3 is 29.9 Å². The molecule has 1 fully saturated rings. The Balaban J connectivity index is 1.77. The predicted octanol–water partition coefficient (Wildman–Crippen LogP) is 0.00760. The Bertz CT molecular complexity index is 1160. The molecular weight excluding hydrogens is 495 g/mol. The molecule has 14 heteroatoms. The van der Waals surface area contributed by atoms with Crippen LogP contribution in [-0.4, -0.2) is 57.8 Å². The van der Waals surface area contributed by atoms with Crippen molar-refractivity contribution in [2.45, 2.75) is 57.5 Å². The third-order valence-electron chi connectivity index (χ3n) is 5.35. The van der Waals surface area contributed by atoms with Gasteiger partial charge in [-0.05, 0) is 32.9 Å². The van der Waals surface area contributed by atoms with Gasteiger partial charge in [0.15, 0.2) is 5.82 Å². The zero-order valence-corrected chi connectivity index (χ0v) is 21.3. The zero-order chi connectivity index (χ0) is 26.6. The maximum Gasteiger partial charge on any atom is 0.501 e. The van der Waals surface area contributed by atoms with E-state index in [1.54, 1.807) is 44.2 Å². The predicted molar refractivity (Wildman–Crippen MR) is 127 cm³/mol. The van der Waals surface area contributed by atoms with E-state index in [0.717, 1.165) is 9.13 Å². The number of ether oxygens (including phenoxy) is 2. The summed E-state index contributed by atoms with van der Waals surface area (Å²) in [6, 6.07) is 8.51. The second-order valence-corrected chi connectivity index (χ2v) is 10.3. The summed E-state index contributed by atoms with van der Waals surface area (Å²) >= 11 is 0. The second kappa shape index (κ2) is 11.5. The maximum absolute atomic E-state index is 13.6. The molecule has 3 rings (SSSR count). The topological polar surface area (TPSA) is 175 Å². The number of hydrogen-bond donors (Lipinski definition) is 4. The third-order valence-corrected chi connectivity index (χ3v) is 6.99. The number of rotatable bonds is 10. The summed E-state index contributed by atoms with van der Waals surface area (Å²) in [7, 11) is -2.78. The molecule has 3 unspecified atom stereocenters. The molecule has 0 saturated carbocycles. The highest BCUT2D eigenvalue weighted by molar-refractivity contribution is 7.52. The Hall–Kier alpha value is -2.80. The van der Waals surface area contributed by atoms with E-state index in [1.165, 1.54) is 26.2 Å². The molecule has 1 aliphatic heterocycles. The summed E-state index contributed by atoms with van der Waals surface area (Å²) < 4.78 is 37.7. The van der Waals surface area contributed by atoms with Gasteiger partial charge in [-0.15, -0.1) is 0 Å². The van der Waals surface area contributed by atoms with Crippen molar-refractivity contribution in [3.8, 4) is 5.75 Å². The van der Waals surface area contributed by atoms with Crippen molar-refractivity contribution in [2.75, 3.05) is 12.3 Å². The van der Waals surface area contributed by atoms with Gasteiger partial charge in [-0.2, -0.15) is 19.0 Å². The summed E-state index contributed by atoms with van der Waals surface area (Å²) in [4.78, 5) is 24.8. The molecule has 13 nitrogen and oxygen atoms in total. The Kier molecular flexibility index (Phi) is 8.88. The minimum absolute atomic E-state index is 0.194. The number of esters is 1. The van der Waals surface area contributed by atoms with Crippen LogP contribution in [0.5, 0.6) is 5.75 Å². The lowest BCUT2D eigenvalue weighted by Crippen LogP contribution is -2.59. The summed E-state index contributed by atoms with van der Waals surface area (Å²) in [5.41, 5.74) is 5.14. The Morgan fingerprint density at radius 3 is 2.53 bits per heavy atom. The number of nitrogens with one attached hydrogen (secondary N) is 1. The molecule has 1 aromatic heterocycles. The summed E-state index contributed by atoms with van der Waals surface area (Å²) in [6.45, 7) is 4.28. The SMILES string of the molecule is CC(C)OC(=O)C(C)NP(=O)(OC[C@H]1O[C@@H]([n+]2ccc(N)n(C)c2=O)C(O)[C@H]1O)Oc1ccccc1. The standard InChI is InChI=1S/C22H31N4O9P/c1-13(2)33-21(29)14(3)24-36(31,35-15-8-6-5-7-9-15)32-12-16-18(27)19(28)20(34-16)26-11-10-17(23)25(4)22(26)30/h5-11,13-14,16,18-20,23,27-28H,12H2,1-4H3,(H,24,31)/p+1/t14?,16-,18+,19?,20-,36?/m1/s1. The fraction of sp³-hybridized carbons (Fsp3) is 0.500. The molecular formula is C22H32N4O9P+. The van der Waals surface area contributed by atoms with Gasteiger partial charge in [0.1, 0.15) is 36.3 Å². The highest BCUT2D eigenvalue weighted by Gasteiger charge is 2.48. The molecule has 2 heterocycles. The number of aromatic nitrogens is 2. The molecule has 1 aliphatic rings. The van der Waals surface area contributed by atoms with Crippen molar-refractivity contribution in [3.63, 3.8) is 0 Å². The van der Waals surface area contributed by atoms with Gasteiger partial charge in [-0.25, -0.2) is 4.57 Å². The summed E-state index contributed by atoms with van der Waals surface area (Å²) in [6.07, 6.45) is -4.49. The Labute approximate surface area is 207 Å². The first-order valence-corrected chi connectivity index (χ1v) is 12.8. The highest BCUT2D eigenvalue weighted by Crippen LogP contribution is 2.45. The average molecular weight is 527 g/mol. The van der Waals surface area contributed by atoms with Crippen LogP contribution in [-0.2, 0) is 30.4 Å². The molecule has 0 bridgehead atoms. The van der Waals surface area contributed by atoms with Gasteiger partial charge in [0.2, 0.25) is 6.23 Å². The van der Waals surface area contributed by atoms with Gasteiger partial charge in [0.05, 0.1) is 19.8 Å². The van der Waals surface area contributed by atoms with Crippen LogP contribution in [0.4, 0.5) is 5.82 Å². The first kappa shape index (κ1) is 27.8. The van der Waals surface area contributed by atoms with Gasteiger partial charge in [-0.3, -0.25) is 9.32 Å². The molecule has 0 amide bonds. The summed E-state index contributed by atoms with van der Waals surface area (Å²) in [5.74, 6) is -0.280. The number of hydrogen-bond acceptors (Lipinski definition) is 10. The Morgan fingerprint density at radius 2 is 1.89 bits per heavy atom. The smallest absolute Gasteiger partial charge is 0.462 e. The fourth-order valence-electron chi connectivity index (χ4n) is 3.41. The summed E-state index contributed by atoms with van der Waals surface area (Å²) in [5, 5.41) is 23.6. The van der Waals surface area contributed by atoms with Gasteiger partial charge in [0.25, 0.3) is 0 Å². The van der Waals surface area contributed by atoms with E-state index in [2.05, 4.69) is 5.09 Å². The van der Waals surface area contributed by atoms with Crippen molar-refractivity contribution in [2.24, 2.45) is 7.05 Å². The molecule has 0 radical (unpaired) electrons. The number of anilines is 1. The lowest BCUT2D eigenvalue weighted by atomic mass is 10.1. The normalized spacial score (nSPS) is 24.3. The number of aliphatic hydroxyl groups is 2. The first-order chi connectivity index (χ1) is 16.9. The molecule has 0 aliphatic carbocycles. The maximum atomic E-state index is 13.6. The zero-order valence-electron chi connectivity index (χ0n) is 20.4. The van der Waals surface area contributed by atoms with E-state index in [1.807, 2.05) is 0 Å². The van der Waals surface area contributed by atoms with Crippen molar-refractivity contribution in [1.82, 2.24) is 9.65 Å². The minimum Gasteiger partial charge on any atom is -0.462 e. The lowest BCUT2D eigenvalue weighted by molar-refractivity contribution is -0.781. The van der Waals surface area contributed by atoms with E-state index in [4.69, 9.17) is 24.3 Å². The average Bonchev–Trinajstić information content (AvgIpc) is 3.10. The molecule has 1 saturated heterocycles. The number of nitrogens with zero attached hydrogens (tertiary/aromatic N) is 2. The quantitative estimate of drug-likeness (QED) is 0.186. The molecule has 2 aromatic rings. The molecule has 1 aromatic carbocycles. The van der Waals surface area contributed by atoms with E-state index >= 15 is 0 Å². The van der Waals surface area contributed by atoms with Gasteiger partial charge in [0, 0.05) is 6.07 Å². The van der Waals surface area contributed by atoms with Crippen LogP contribution in [0.2, 0.25) is 0 Å². The fourth-order valence-corrected chi connectivity index (χ4v) is 4.91. The van der Waals surface area contributed by atoms with E-state index in [9.17, 15) is 24.4 Å². The Morgan fingerprint density at radius 1 is 1.22 bits per heavy atom. The van der Waals surface area contributed by atoms with Crippen LogP contribution in [0.3, 0.4) is 0 Å². The number of aliphatic hydroxyl groups excluding tert-OH is 2. The molecule has 5 N–H and O–H groups in total. The second-order valence-electron chi connectivity index (χ2n) is 8.57. The van der Waals surface area contributed by atoms with Crippen LogP contribution in [0, 0.1) is 0 Å². The van der Waals surface area contributed by atoms with E-state index in [0.29, 0.717) is 0 Å². The van der Waals surface area contributed by atoms with Crippen LogP contribution < -0.4 is 25.6 Å². The number of para-hydroxylation sites is 1. The van der Waals surface area contributed by atoms with Crippen molar-refractivity contribution < 1.29 is 42.7 Å². The third kappa shape index (κ3) is 6.49. The number of nitrogen functional groups attached to an aromatic ring is 1. The monoisotopic (exact) mass is 527 g/mol. The molecule has 0 spiro atoms. The highest BCUT2D eigenvalue weighted by atomic mass is 31.2. The molecule has 6 atom stereocenters. The number of carbonyl (C=O) groups excluding carboxylic acids is 1. The van der Waals surface area contributed by atoms with Crippen molar-refractivity contribution in [3.05, 3.63) is 53.1 Å². The number of nitrogens with two attached hydrogens (primary N) is 1. The first-order valence-electron chi connectivity index (χ1n) is 11.3. The number of carbonyl (C=O) groups is 1. The minimum atomic E-state index is -4.22. The largest absolute Gasteiger partial charge is 0.501 e. The van der Waals surface area contributed by atoms with Crippen LogP contribution in [0.15, 0.2) is 47.4 Å². The van der Waals surface area contributed by atoms with Gasteiger partial charge in [-0.1, -0.05) is 18.2 Å². The van der Waals surface area contributed by atoms with Crippen molar-refractivity contribution in [1.29, 1.82) is 0 Å². The lowest BCUT2D eigenvalue weighted by Gasteiger charge is -2.24. The van der Waals surface area contributed by atoms with Crippen LogP contribution in [0.25, 0.3) is 0 Å². The number of benzene rings is 1.